The van der Waals surface area contributed by atoms with Gasteiger partial charge in [0.1, 0.15) is 10.3 Å². The predicted octanol–water partition coefficient (Wildman–Crippen LogP) is 2.53. The Bertz CT molecular complexity index is 499. The highest BCUT2D eigenvalue weighted by Crippen LogP contribution is 2.28. The monoisotopic (exact) mass is 286 g/mol. The van der Waals surface area contributed by atoms with Gasteiger partial charge in [-0.1, -0.05) is 43.1 Å². The van der Waals surface area contributed by atoms with Crippen LogP contribution in [0.25, 0.3) is 0 Å². The van der Waals surface area contributed by atoms with Crippen LogP contribution in [0.1, 0.15) is 19.4 Å². The minimum atomic E-state index is -0.281. The van der Waals surface area contributed by atoms with Gasteiger partial charge in [0.25, 0.3) is 0 Å². The Kier molecular flexibility index (Phi) is 3.59. The molecule has 4 nitrogen and oxygen atoms in total. The summed E-state index contributed by atoms with van der Waals surface area (Å²) < 4.78 is 0. The minimum Gasteiger partial charge on any atom is -0.278 e. The predicted molar refractivity (Wildman–Crippen MR) is 68.1 cm³/mol. The number of nitrogens with zero attached hydrogens (tertiary/aromatic N) is 2. The molecular formula is C12H12Cl2N2O2. The lowest BCUT2D eigenvalue weighted by Crippen LogP contribution is -2.30. The number of hydrogen-bond donors (Lipinski definition) is 0. The van der Waals surface area contributed by atoms with E-state index in [2.05, 4.69) is 4.98 Å². The highest BCUT2D eigenvalue weighted by atomic mass is 35.5. The maximum atomic E-state index is 11.9. The zero-order valence-electron chi connectivity index (χ0n) is 9.98. The highest BCUT2D eigenvalue weighted by molar-refractivity contribution is 6.32. The third-order valence-electron chi connectivity index (χ3n) is 3.28. The van der Waals surface area contributed by atoms with Crippen LogP contribution < -0.4 is 0 Å². The Hall–Kier alpha value is -1.13. The van der Waals surface area contributed by atoms with E-state index in [9.17, 15) is 9.59 Å². The van der Waals surface area contributed by atoms with Crippen LogP contribution >= 0.6 is 23.2 Å². The average Bonchev–Trinajstić information content (AvgIpc) is 2.50. The number of amides is 2. The summed E-state index contributed by atoms with van der Waals surface area (Å²) in [5.74, 6) is -0.898. The first-order valence-electron chi connectivity index (χ1n) is 5.58. The second kappa shape index (κ2) is 4.86. The van der Waals surface area contributed by atoms with Gasteiger partial charge in [-0.2, -0.15) is 0 Å². The van der Waals surface area contributed by atoms with E-state index in [1.807, 2.05) is 0 Å². The molecule has 1 aromatic heterocycles. The summed E-state index contributed by atoms with van der Waals surface area (Å²) in [5.41, 5.74) is 0.615. The summed E-state index contributed by atoms with van der Waals surface area (Å²) in [4.78, 5) is 29.0. The van der Waals surface area contributed by atoms with Crippen LogP contribution in [-0.4, -0.2) is 21.7 Å². The SMILES string of the molecule is CC1C(=O)N(Cc2ccc(Cl)nc2Cl)C(=O)C1C. The lowest BCUT2D eigenvalue weighted by atomic mass is 10.00. The summed E-state index contributed by atoms with van der Waals surface area (Å²) in [6.45, 7) is 3.66. The fraction of sp³-hybridized carbons (Fsp3) is 0.417. The van der Waals surface area contributed by atoms with Crippen molar-refractivity contribution >= 4 is 35.0 Å². The molecule has 0 radical (unpaired) electrons. The van der Waals surface area contributed by atoms with Gasteiger partial charge in [0.2, 0.25) is 11.8 Å². The second-order valence-corrected chi connectivity index (χ2v) is 5.17. The van der Waals surface area contributed by atoms with Gasteiger partial charge in [0.05, 0.1) is 6.54 Å². The molecule has 2 atom stereocenters. The molecule has 0 N–H and O–H groups in total. The third kappa shape index (κ3) is 2.22. The molecule has 1 fully saturated rings. The van der Waals surface area contributed by atoms with Crippen LogP contribution in [0.5, 0.6) is 0 Å². The molecule has 1 aromatic rings. The van der Waals surface area contributed by atoms with E-state index in [-0.39, 0.29) is 40.5 Å². The molecule has 0 bridgehead atoms. The van der Waals surface area contributed by atoms with Crippen molar-refractivity contribution in [1.29, 1.82) is 0 Å². The number of rotatable bonds is 2. The van der Waals surface area contributed by atoms with Crippen molar-refractivity contribution in [2.75, 3.05) is 0 Å². The van der Waals surface area contributed by atoms with Crippen molar-refractivity contribution in [3.8, 4) is 0 Å². The van der Waals surface area contributed by atoms with E-state index < -0.39 is 0 Å². The maximum Gasteiger partial charge on any atom is 0.233 e. The molecule has 96 valence electrons. The smallest absolute Gasteiger partial charge is 0.233 e. The Morgan fingerprint density at radius 2 is 1.72 bits per heavy atom. The van der Waals surface area contributed by atoms with Crippen molar-refractivity contribution in [2.45, 2.75) is 20.4 Å². The molecule has 0 spiro atoms. The molecule has 2 amide bonds. The highest BCUT2D eigenvalue weighted by Gasteiger charge is 2.42. The van der Waals surface area contributed by atoms with Gasteiger partial charge in [0, 0.05) is 17.4 Å². The van der Waals surface area contributed by atoms with Crippen LogP contribution in [0.4, 0.5) is 0 Å². The molecule has 6 heteroatoms. The van der Waals surface area contributed by atoms with E-state index in [1.165, 1.54) is 4.90 Å². The number of halogens is 2. The molecule has 0 aromatic carbocycles. The quantitative estimate of drug-likeness (QED) is 0.620. The van der Waals surface area contributed by atoms with Crippen LogP contribution in [0, 0.1) is 11.8 Å². The molecule has 1 saturated heterocycles. The topological polar surface area (TPSA) is 50.3 Å². The van der Waals surface area contributed by atoms with Crippen LogP contribution in [0.3, 0.4) is 0 Å². The van der Waals surface area contributed by atoms with E-state index in [4.69, 9.17) is 23.2 Å². The van der Waals surface area contributed by atoms with Gasteiger partial charge in [-0.05, 0) is 6.07 Å². The summed E-state index contributed by atoms with van der Waals surface area (Å²) in [7, 11) is 0. The molecular weight excluding hydrogens is 275 g/mol. The number of aromatic nitrogens is 1. The van der Waals surface area contributed by atoms with Crippen LogP contribution in [0.15, 0.2) is 12.1 Å². The lowest BCUT2D eigenvalue weighted by molar-refractivity contribution is -0.140. The fourth-order valence-electron chi connectivity index (χ4n) is 1.91. The van der Waals surface area contributed by atoms with Gasteiger partial charge < -0.3 is 0 Å². The lowest BCUT2D eigenvalue weighted by Gasteiger charge is -2.15. The Balaban J connectivity index is 2.24. The summed E-state index contributed by atoms with van der Waals surface area (Å²) >= 11 is 11.6. The van der Waals surface area contributed by atoms with Gasteiger partial charge in [-0.15, -0.1) is 0 Å². The van der Waals surface area contributed by atoms with Crippen LogP contribution in [-0.2, 0) is 16.1 Å². The maximum absolute atomic E-state index is 11.9. The molecule has 0 aliphatic carbocycles. The first-order valence-corrected chi connectivity index (χ1v) is 6.33. The van der Waals surface area contributed by atoms with Crippen molar-refractivity contribution < 1.29 is 9.59 Å². The average molecular weight is 287 g/mol. The van der Waals surface area contributed by atoms with Crippen molar-refractivity contribution in [2.24, 2.45) is 11.8 Å². The van der Waals surface area contributed by atoms with E-state index in [1.54, 1.807) is 26.0 Å². The van der Waals surface area contributed by atoms with Gasteiger partial charge in [-0.3, -0.25) is 14.5 Å². The van der Waals surface area contributed by atoms with Crippen molar-refractivity contribution in [1.82, 2.24) is 9.88 Å². The molecule has 2 heterocycles. The number of likely N-dealkylation sites (tertiary alicyclic amines) is 1. The number of carbonyl (C=O) groups is 2. The summed E-state index contributed by atoms with van der Waals surface area (Å²) in [5, 5.41) is 0.500. The van der Waals surface area contributed by atoms with Crippen LogP contribution in [0.2, 0.25) is 10.3 Å². The molecule has 1 aliphatic rings. The number of carbonyl (C=O) groups excluding carboxylic acids is 2. The van der Waals surface area contributed by atoms with E-state index in [0.717, 1.165) is 0 Å². The zero-order valence-corrected chi connectivity index (χ0v) is 11.5. The Morgan fingerprint density at radius 3 is 2.22 bits per heavy atom. The fourth-order valence-corrected chi connectivity index (χ4v) is 2.32. The third-order valence-corrected chi connectivity index (χ3v) is 3.82. The normalized spacial score (nSPS) is 23.9. The first kappa shape index (κ1) is 13.3. The van der Waals surface area contributed by atoms with Gasteiger partial charge in [-0.25, -0.2) is 4.98 Å². The molecule has 0 saturated carbocycles. The molecule has 2 rings (SSSR count). The Morgan fingerprint density at radius 1 is 1.17 bits per heavy atom. The minimum absolute atomic E-state index is 0.148. The number of imide groups is 1. The van der Waals surface area contributed by atoms with Crippen molar-refractivity contribution in [3.63, 3.8) is 0 Å². The largest absolute Gasteiger partial charge is 0.278 e. The van der Waals surface area contributed by atoms with E-state index in [0.29, 0.717) is 5.56 Å². The van der Waals surface area contributed by atoms with Crippen molar-refractivity contribution in [3.05, 3.63) is 28.0 Å². The zero-order chi connectivity index (χ0) is 13.4. The summed E-state index contributed by atoms with van der Waals surface area (Å²) in [6, 6.07) is 3.26. The van der Waals surface area contributed by atoms with Gasteiger partial charge >= 0.3 is 0 Å². The van der Waals surface area contributed by atoms with E-state index >= 15 is 0 Å². The second-order valence-electron chi connectivity index (χ2n) is 4.42. The first-order chi connectivity index (χ1) is 8.41. The summed E-state index contributed by atoms with van der Waals surface area (Å²) in [6.07, 6.45) is 0. The number of hydrogen-bond acceptors (Lipinski definition) is 3. The molecule has 1 aliphatic heterocycles. The molecule has 18 heavy (non-hydrogen) atoms. The standard InChI is InChI=1S/C12H12Cl2N2O2/c1-6-7(2)12(18)16(11(6)17)5-8-3-4-9(13)15-10(8)14/h3-4,6-7H,5H2,1-2H3. The number of pyridine rings is 1. The molecule has 2 unspecified atom stereocenters. The van der Waals surface area contributed by atoms with Gasteiger partial charge in [0.15, 0.2) is 0 Å². The Labute approximate surface area is 115 Å².